The lowest BCUT2D eigenvalue weighted by Crippen LogP contribution is -2.26. The summed E-state index contributed by atoms with van der Waals surface area (Å²) in [7, 11) is 0. The third-order valence-electron chi connectivity index (χ3n) is 5.64. The number of carbonyl (C=O) groups is 2. The van der Waals surface area contributed by atoms with Crippen molar-refractivity contribution in [1.82, 2.24) is 20.4 Å². The molecule has 0 aromatic carbocycles. The normalized spacial score (nSPS) is 18.8. The van der Waals surface area contributed by atoms with Crippen LogP contribution >= 0.6 is 11.3 Å². The van der Waals surface area contributed by atoms with E-state index in [0.717, 1.165) is 42.9 Å². The van der Waals surface area contributed by atoms with E-state index in [2.05, 4.69) is 22.2 Å². The number of pyridine rings is 1. The molecule has 2 atom stereocenters. The first-order chi connectivity index (χ1) is 17.9. The summed E-state index contributed by atoms with van der Waals surface area (Å²) in [6.45, 7) is 11.6. The average Bonchev–Trinajstić information content (AvgIpc) is 3.59. The van der Waals surface area contributed by atoms with Crippen molar-refractivity contribution in [3.8, 4) is 10.4 Å². The van der Waals surface area contributed by atoms with Crippen molar-refractivity contribution in [3.05, 3.63) is 28.5 Å². The van der Waals surface area contributed by atoms with E-state index in [1.54, 1.807) is 6.92 Å². The molecule has 212 valence electrons. The predicted octanol–water partition coefficient (Wildman–Crippen LogP) is 4.67. The quantitative estimate of drug-likeness (QED) is 0.360. The van der Waals surface area contributed by atoms with Crippen LogP contribution in [0.25, 0.3) is 10.4 Å². The van der Waals surface area contributed by atoms with Crippen molar-refractivity contribution in [2.75, 3.05) is 25.1 Å². The molecule has 13 heteroatoms. The van der Waals surface area contributed by atoms with Gasteiger partial charge in [-0.2, -0.15) is 5.54 Å². The van der Waals surface area contributed by atoms with Crippen LogP contribution in [0.1, 0.15) is 74.4 Å². The zero-order valence-electron chi connectivity index (χ0n) is 22.3. The van der Waals surface area contributed by atoms with E-state index in [9.17, 15) is 22.9 Å². The van der Waals surface area contributed by atoms with Crippen LogP contribution in [-0.4, -0.2) is 69.7 Å². The highest BCUT2D eigenvalue weighted by atomic mass is 32.1. The van der Waals surface area contributed by atoms with Crippen LogP contribution in [0, 0.1) is 6.92 Å². The number of hydrogen-bond donors (Lipinski definition) is 3. The zero-order chi connectivity index (χ0) is 28.5. The monoisotopic (exact) mass is 559 g/mol. The van der Waals surface area contributed by atoms with Gasteiger partial charge in [-0.15, -0.1) is 11.3 Å². The fraction of sp³-hybridized carbons (Fsp3) is 0.600. The van der Waals surface area contributed by atoms with Crippen LogP contribution < -0.4 is 10.9 Å². The number of hydrogen-bond acceptors (Lipinski definition) is 8. The molecule has 2 aromatic heterocycles. The number of aliphatic hydroxyl groups excluding tert-OH is 1. The minimum Gasteiger partial charge on any atom is -0.391 e. The molecule has 2 aliphatic heterocycles. The van der Waals surface area contributed by atoms with Crippen LogP contribution in [0.5, 0.6) is 0 Å². The number of ether oxygens (including phenoxy) is 1. The van der Waals surface area contributed by atoms with E-state index in [1.165, 1.54) is 25.1 Å². The SMILES string of the molecule is CC1CCCN1C=O.Cc1nc(C(=O)NF)sc1-c1cnc(NC(C)(C)C)cc1C(F)F.OC1CCOC1. The summed E-state index contributed by atoms with van der Waals surface area (Å²) in [5, 5.41) is 11.5. The summed E-state index contributed by atoms with van der Waals surface area (Å²) in [5.41, 5.74) is 0.960. The third kappa shape index (κ3) is 9.52. The highest BCUT2D eigenvalue weighted by Gasteiger charge is 2.23. The number of nitrogens with zero attached hydrogens (tertiary/aromatic N) is 3. The van der Waals surface area contributed by atoms with Crippen molar-refractivity contribution in [2.45, 2.75) is 78.0 Å². The standard InChI is InChI=1S/C15H17F3N4OS.C6H11NO.C4H8O2/c1-7-11(24-14(20-7)13(23)22-18)9-6-19-10(21-15(2,3)4)5-8(9)12(16)17;1-6-3-2-4-7(6)5-8;5-4-1-2-6-3-4/h5-6,12H,1-4H3,(H,19,21)(H,22,23);5-6H,2-4H2,1H3;4-5H,1-3H2. The van der Waals surface area contributed by atoms with Crippen molar-refractivity contribution < 1.29 is 32.7 Å². The van der Waals surface area contributed by atoms with Crippen molar-refractivity contribution in [1.29, 1.82) is 0 Å². The van der Waals surface area contributed by atoms with Crippen molar-refractivity contribution in [3.63, 3.8) is 0 Å². The van der Waals surface area contributed by atoms with Crippen LogP contribution in [0.3, 0.4) is 0 Å². The van der Waals surface area contributed by atoms with Gasteiger partial charge in [0.25, 0.3) is 6.43 Å². The van der Waals surface area contributed by atoms with Gasteiger partial charge in [-0.25, -0.2) is 18.7 Å². The molecule has 2 saturated heterocycles. The maximum absolute atomic E-state index is 13.5. The van der Waals surface area contributed by atoms with E-state index in [-0.39, 0.29) is 27.8 Å². The van der Waals surface area contributed by atoms with Gasteiger partial charge in [0.05, 0.1) is 23.3 Å². The molecule has 2 aliphatic rings. The first-order valence-corrected chi connectivity index (χ1v) is 13.1. The molecule has 0 spiro atoms. The fourth-order valence-corrected chi connectivity index (χ4v) is 4.69. The molecular weight excluding hydrogens is 523 g/mol. The Morgan fingerprint density at radius 3 is 2.47 bits per heavy atom. The van der Waals surface area contributed by atoms with Gasteiger partial charge < -0.3 is 20.1 Å². The fourth-order valence-electron chi connectivity index (χ4n) is 3.71. The predicted molar refractivity (Wildman–Crippen MR) is 140 cm³/mol. The van der Waals surface area contributed by atoms with Crippen LogP contribution in [0.15, 0.2) is 12.3 Å². The second kappa shape index (κ2) is 14.4. The van der Waals surface area contributed by atoms with Crippen LogP contribution in [0.4, 0.5) is 19.1 Å². The number of likely N-dealkylation sites (tertiary alicyclic amines) is 1. The van der Waals surface area contributed by atoms with Gasteiger partial charge in [-0.05, 0) is 59.9 Å². The number of aromatic nitrogens is 2. The second-order valence-corrected chi connectivity index (χ2v) is 11.0. The van der Waals surface area contributed by atoms with E-state index < -0.39 is 12.3 Å². The first kappa shape index (κ1) is 31.4. The Balaban J connectivity index is 0.000000291. The number of amides is 2. The summed E-state index contributed by atoms with van der Waals surface area (Å²) in [5.74, 6) is -0.683. The Hall–Kier alpha value is -2.77. The maximum Gasteiger partial charge on any atom is 0.307 e. The summed E-state index contributed by atoms with van der Waals surface area (Å²) in [6.07, 6.45) is 2.53. The molecule has 0 aliphatic carbocycles. The van der Waals surface area contributed by atoms with Gasteiger partial charge in [0, 0.05) is 42.1 Å². The third-order valence-corrected chi connectivity index (χ3v) is 6.83. The smallest absolute Gasteiger partial charge is 0.307 e. The molecule has 2 unspecified atom stereocenters. The molecule has 0 radical (unpaired) electrons. The molecule has 4 rings (SSSR count). The summed E-state index contributed by atoms with van der Waals surface area (Å²) in [4.78, 5) is 31.8. The molecule has 9 nitrogen and oxygen atoms in total. The number of aliphatic hydroxyl groups is 1. The highest BCUT2D eigenvalue weighted by molar-refractivity contribution is 7.17. The number of aryl methyl sites for hydroxylation is 1. The Morgan fingerprint density at radius 2 is 2.05 bits per heavy atom. The van der Waals surface area contributed by atoms with Gasteiger partial charge in [0.1, 0.15) is 5.82 Å². The van der Waals surface area contributed by atoms with Gasteiger partial charge in [-0.1, -0.05) is 4.48 Å². The number of rotatable bonds is 5. The molecule has 4 heterocycles. The topological polar surface area (TPSA) is 117 Å². The minimum atomic E-state index is -2.73. The Morgan fingerprint density at radius 1 is 1.34 bits per heavy atom. The van der Waals surface area contributed by atoms with Crippen molar-refractivity contribution in [2.24, 2.45) is 0 Å². The molecule has 0 bridgehead atoms. The highest BCUT2D eigenvalue weighted by Crippen LogP contribution is 2.37. The second-order valence-electron chi connectivity index (χ2n) is 10.0. The van der Waals surface area contributed by atoms with Crippen molar-refractivity contribution >= 4 is 29.5 Å². The molecule has 0 saturated carbocycles. The molecule has 2 aromatic rings. The van der Waals surface area contributed by atoms with Gasteiger partial charge in [-0.3, -0.25) is 9.59 Å². The lowest BCUT2D eigenvalue weighted by molar-refractivity contribution is -0.118. The van der Waals surface area contributed by atoms with E-state index in [1.807, 2.05) is 25.7 Å². The summed E-state index contributed by atoms with van der Waals surface area (Å²) < 4.78 is 44.0. The Bertz CT molecular complexity index is 1060. The number of anilines is 1. The molecule has 3 N–H and O–H groups in total. The van der Waals surface area contributed by atoms with Gasteiger partial charge in [0.2, 0.25) is 6.41 Å². The minimum absolute atomic E-state index is 0.137. The first-order valence-electron chi connectivity index (χ1n) is 12.3. The lowest BCUT2D eigenvalue weighted by Gasteiger charge is -2.22. The zero-order valence-corrected chi connectivity index (χ0v) is 23.1. The lowest BCUT2D eigenvalue weighted by atomic mass is 10.1. The van der Waals surface area contributed by atoms with Gasteiger partial charge in [0.15, 0.2) is 5.01 Å². The summed E-state index contributed by atoms with van der Waals surface area (Å²) >= 11 is 0.839. The van der Waals surface area contributed by atoms with Gasteiger partial charge >= 0.3 is 5.91 Å². The van der Waals surface area contributed by atoms with E-state index >= 15 is 0 Å². The number of halogens is 3. The largest absolute Gasteiger partial charge is 0.391 e. The Kier molecular flexibility index (Phi) is 11.9. The maximum atomic E-state index is 13.5. The number of carbonyl (C=O) groups excluding carboxylic acids is 2. The summed E-state index contributed by atoms with van der Waals surface area (Å²) in [6, 6.07) is 1.77. The van der Waals surface area contributed by atoms with Crippen LogP contribution in [-0.2, 0) is 9.53 Å². The molecular formula is C25H36F3N5O4S. The molecule has 2 amide bonds. The molecule has 2 fully saturated rings. The number of nitrogens with one attached hydrogen (secondary N) is 2. The number of alkyl halides is 2. The van der Waals surface area contributed by atoms with E-state index in [4.69, 9.17) is 9.84 Å². The van der Waals surface area contributed by atoms with E-state index in [0.29, 0.717) is 29.0 Å². The average molecular weight is 560 g/mol. The Labute approximate surface area is 224 Å². The van der Waals surface area contributed by atoms with Crippen LogP contribution in [0.2, 0.25) is 0 Å². The molecule has 38 heavy (non-hydrogen) atoms. The number of thiazole rings is 1.